The molecule has 0 N–H and O–H groups in total. The van der Waals surface area contributed by atoms with E-state index < -0.39 is 0 Å². The summed E-state index contributed by atoms with van der Waals surface area (Å²) in [6.07, 6.45) is 3.97. The van der Waals surface area contributed by atoms with Crippen molar-refractivity contribution >= 4 is 32.6 Å². The summed E-state index contributed by atoms with van der Waals surface area (Å²) in [7, 11) is 0. The molecule has 0 aliphatic carbocycles. The fourth-order valence-electron chi connectivity index (χ4n) is 5.52. The number of nitrogens with zero attached hydrogens (tertiary/aromatic N) is 3. The van der Waals surface area contributed by atoms with Gasteiger partial charge in [-0.2, -0.15) is 0 Å². The maximum atomic E-state index is 4.72. The molecule has 0 spiro atoms. The van der Waals surface area contributed by atoms with Crippen molar-refractivity contribution in [1.29, 1.82) is 0 Å². The number of rotatable bonds is 6. The Kier molecular flexibility index (Phi) is 12.5. The van der Waals surface area contributed by atoms with Crippen LogP contribution in [0.5, 0.6) is 0 Å². The highest BCUT2D eigenvalue weighted by Gasteiger charge is 2.07. The van der Waals surface area contributed by atoms with E-state index in [1.807, 2.05) is 12.4 Å². The van der Waals surface area contributed by atoms with Crippen molar-refractivity contribution < 1.29 is 0 Å². The Balaban J connectivity index is 0.000000163. The molecule has 0 amide bonds. The third kappa shape index (κ3) is 9.49. The van der Waals surface area contributed by atoms with Crippen molar-refractivity contribution in [2.45, 2.75) is 119 Å². The smallest absolute Gasteiger partial charge is 0.0708 e. The van der Waals surface area contributed by atoms with E-state index in [1.165, 1.54) is 55.2 Å². The predicted octanol–water partition coefficient (Wildman–Crippen LogP) is 13.4. The summed E-state index contributed by atoms with van der Waals surface area (Å²) in [6, 6.07) is 28.6. The molecule has 3 aromatic heterocycles. The van der Waals surface area contributed by atoms with Gasteiger partial charge in [-0.05, 0) is 99.5 Å². The van der Waals surface area contributed by atoms with Crippen LogP contribution in [0.25, 0.3) is 32.6 Å². The average Bonchev–Trinajstić information content (AvgIpc) is 3.07. The largest absolute Gasteiger partial charge is 0.260 e. The summed E-state index contributed by atoms with van der Waals surface area (Å²) in [5.41, 5.74) is 10.0. The standard InChI is InChI=1S/3C15H19N/c1-10(2)12-5-6-15-13(7-12)8-14(9-16-15)11(3)4;1-10(2)12-5-6-13-9-16-15(11(3)4)8-14(13)7-12;1-10(2)13-6-5-12-7-8-14(11(3)4)16-15(12)9-13/h3*5-11H,1-4H3. The van der Waals surface area contributed by atoms with Gasteiger partial charge in [-0.1, -0.05) is 126 Å². The topological polar surface area (TPSA) is 38.7 Å². The van der Waals surface area contributed by atoms with Gasteiger partial charge in [-0.3, -0.25) is 15.0 Å². The van der Waals surface area contributed by atoms with Gasteiger partial charge in [-0.25, -0.2) is 0 Å². The highest BCUT2D eigenvalue weighted by molar-refractivity contribution is 5.83. The summed E-state index contributed by atoms with van der Waals surface area (Å²) in [6.45, 7) is 26.5. The van der Waals surface area contributed by atoms with E-state index in [2.05, 4.69) is 172 Å². The monoisotopic (exact) mass is 639 g/mol. The minimum Gasteiger partial charge on any atom is -0.260 e. The normalized spacial score (nSPS) is 11.6. The molecular formula is C45H57N3. The van der Waals surface area contributed by atoms with Crippen LogP contribution in [-0.2, 0) is 0 Å². The lowest BCUT2D eigenvalue weighted by Gasteiger charge is -2.09. The number of fused-ring (bicyclic) bond motifs is 3. The molecule has 252 valence electrons. The molecule has 0 bridgehead atoms. The van der Waals surface area contributed by atoms with E-state index in [-0.39, 0.29) is 0 Å². The first kappa shape index (κ1) is 36.7. The van der Waals surface area contributed by atoms with E-state index >= 15 is 0 Å². The summed E-state index contributed by atoms with van der Waals surface area (Å²) >= 11 is 0. The van der Waals surface area contributed by atoms with Crippen molar-refractivity contribution in [3.05, 3.63) is 125 Å². The molecule has 0 saturated heterocycles. The van der Waals surface area contributed by atoms with E-state index in [0.29, 0.717) is 35.5 Å². The zero-order valence-corrected chi connectivity index (χ0v) is 31.5. The summed E-state index contributed by atoms with van der Waals surface area (Å²) < 4.78 is 0. The summed E-state index contributed by atoms with van der Waals surface area (Å²) in [5, 5.41) is 5.03. The maximum Gasteiger partial charge on any atom is 0.0708 e. The molecule has 0 atom stereocenters. The molecule has 0 aliphatic heterocycles. The minimum atomic E-state index is 0.493. The Bertz CT molecular complexity index is 1590. The Morgan fingerprint density at radius 1 is 0.333 bits per heavy atom. The molecule has 0 aliphatic rings. The quantitative estimate of drug-likeness (QED) is 0.182. The third-order valence-electron chi connectivity index (χ3n) is 9.08. The van der Waals surface area contributed by atoms with Crippen LogP contribution in [0.3, 0.4) is 0 Å². The van der Waals surface area contributed by atoms with E-state index in [4.69, 9.17) is 4.98 Å². The first-order valence-corrected chi connectivity index (χ1v) is 17.9. The molecule has 0 unspecified atom stereocenters. The van der Waals surface area contributed by atoms with Crippen LogP contribution in [0.4, 0.5) is 0 Å². The van der Waals surface area contributed by atoms with Gasteiger partial charge in [0.15, 0.2) is 0 Å². The van der Waals surface area contributed by atoms with Crippen LogP contribution in [0, 0.1) is 0 Å². The highest BCUT2D eigenvalue weighted by Crippen LogP contribution is 2.25. The van der Waals surface area contributed by atoms with Crippen molar-refractivity contribution in [2.24, 2.45) is 0 Å². The van der Waals surface area contributed by atoms with Gasteiger partial charge in [0, 0.05) is 39.9 Å². The van der Waals surface area contributed by atoms with E-state index in [9.17, 15) is 0 Å². The first-order valence-electron chi connectivity index (χ1n) is 17.9. The van der Waals surface area contributed by atoms with Crippen molar-refractivity contribution in [2.75, 3.05) is 0 Å². The van der Waals surface area contributed by atoms with Crippen LogP contribution in [-0.4, -0.2) is 15.0 Å². The summed E-state index contributed by atoms with van der Waals surface area (Å²) in [4.78, 5) is 13.7. The van der Waals surface area contributed by atoms with Crippen LogP contribution in [0.15, 0.2) is 91.3 Å². The van der Waals surface area contributed by atoms with E-state index in [1.54, 1.807) is 0 Å². The number of benzene rings is 3. The lowest BCUT2D eigenvalue weighted by Crippen LogP contribution is -1.94. The highest BCUT2D eigenvalue weighted by atomic mass is 14.7. The Morgan fingerprint density at radius 2 is 0.833 bits per heavy atom. The van der Waals surface area contributed by atoms with Gasteiger partial charge in [0.05, 0.1) is 11.0 Å². The first-order chi connectivity index (χ1) is 22.7. The summed E-state index contributed by atoms with van der Waals surface area (Å²) in [5.74, 6) is 3.25. The molecule has 3 aromatic carbocycles. The van der Waals surface area contributed by atoms with Crippen molar-refractivity contribution in [1.82, 2.24) is 15.0 Å². The molecule has 48 heavy (non-hydrogen) atoms. The van der Waals surface area contributed by atoms with Gasteiger partial charge in [-0.15, -0.1) is 0 Å². The third-order valence-corrected chi connectivity index (χ3v) is 9.08. The zero-order valence-electron chi connectivity index (χ0n) is 31.5. The van der Waals surface area contributed by atoms with Crippen LogP contribution < -0.4 is 0 Å². The molecule has 3 heteroatoms. The average molecular weight is 640 g/mol. The van der Waals surface area contributed by atoms with Gasteiger partial charge >= 0.3 is 0 Å². The fourth-order valence-corrected chi connectivity index (χ4v) is 5.52. The lowest BCUT2D eigenvalue weighted by molar-refractivity contribution is 0.826. The van der Waals surface area contributed by atoms with Gasteiger partial charge < -0.3 is 0 Å². The number of hydrogen-bond donors (Lipinski definition) is 0. The van der Waals surface area contributed by atoms with Gasteiger partial charge in [0.1, 0.15) is 0 Å². The molecule has 3 nitrogen and oxygen atoms in total. The Morgan fingerprint density at radius 3 is 1.42 bits per heavy atom. The van der Waals surface area contributed by atoms with Gasteiger partial charge in [0.2, 0.25) is 0 Å². The van der Waals surface area contributed by atoms with Crippen LogP contribution in [0.2, 0.25) is 0 Å². The molecule has 3 heterocycles. The number of hydrogen-bond acceptors (Lipinski definition) is 3. The fraction of sp³-hybridized carbons (Fsp3) is 0.400. The second-order valence-corrected chi connectivity index (χ2v) is 15.1. The van der Waals surface area contributed by atoms with Crippen LogP contribution in [0.1, 0.15) is 152 Å². The van der Waals surface area contributed by atoms with Crippen molar-refractivity contribution in [3.8, 4) is 0 Å². The zero-order chi connectivity index (χ0) is 35.1. The minimum absolute atomic E-state index is 0.493. The second kappa shape index (κ2) is 16.3. The predicted molar refractivity (Wildman–Crippen MR) is 210 cm³/mol. The molecular weight excluding hydrogens is 583 g/mol. The van der Waals surface area contributed by atoms with Crippen LogP contribution >= 0.6 is 0 Å². The number of aromatic nitrogens is 3. The maximum absolute atomic E-state index is 4.72. The van der Waals surface area contributed by atoms with E-state index in [0.717, 1.165) is 11.0 Å². The molecule has 0 radical (unpaired) electrons. The second-order valence-electron chi connectivity index (χ2n) is 15.1. The Labute approximate surface area is 290 Å². The molecule has 6 rings (SSSR count). The SMILES string of the molecule is CC(C)c1ccc2ccc(C(C)C)nc2c1.CC(C)c1ccc2cnc(C(C)C)cc2c1.CC(C)c1ccc2ncc(C(C)C)cc2c1. The van der Waals surface area contributed by atoms with Crippen molar-refractivity contribution in [3.63, 3.8) is 0 Å². The number of pyridine rings is 3. The molecule has 0 saturated carbocycles. The van der Waals surface area contributed by atoms with Gasteiger partial charge in [0.25, 0.3) is 0 Å². The molecule has 6 aromatic rings. The Hall–Kier alpha value is -4.11. The lowest BCUT2D eigenvalue weighted by atomic mass is 9.98. The molecule has 0 fully saturated rings.